The highest BCUT2D eigenvalue weighted by atomic mass is 15.1. The first-order chi connectivity index (χ1) is 7.40. The minimum Gasteiger partial charge on any atom is -0.323 e. The van der Waals surface area contributed by atoms with Crippen LogP contribution in [-0.4, -0.2) is 5.71 Å². The van der Waals surface area contributed by atoms with Crippen LogP contribution in [0.2, 0.25) is 0 Å². The summed E-state index contributed by atoms with van der Waals surface area (Å²) in [5.74, 6) is 5.37. The first-order valence-corrected chi connectivity index (χ1v) is 4.88. The van der Waals surface area contributed by atoms with E-state index in [4.69, 9.17) is 5.84 Å². The highest BCUT2D eigenvalue weighted by molar-refractivity contribution is 6.22. The van der Waals surface area contributed by atoms with Crippen LogP contribution >= 0.6 is 0 Å². The normalized spacial score (nSPS) is 16.1. The van der Waals surface area contributed by atoms with Crippen LogP contribution in [0, 0.1) is 0 Å². The van der Waals surface area contributed by atoms with Crippen LogP contribution in [0.5, 0.6) is 0 Å². The summed E-state index contributed by atoms with van der Waals surface area (Å²) in [5.41, 5.74) is 3.20. The van der Waals surface area contributed by atoms with Crippen molar-refractivity contribution in [2.45, 2.75) is 0 Å². The molecule has 0 atom stereocenters. The van der Waals surface area contributed by atoms with Crippen LogP contribution in [-0.2, 0) is 0 Å². The molecule has 0 aliphatic heterocycles. The van der Waals surface area contributed by atoms with Crippen molar-refractivity contribution in [2.75, 3.05) is 0 Å². The largest absolute Gasteiger partial charge is 0.323 e. The minimum atomic E-state index is 0.847. The smallest absolute Gasteiger partial charge is 0.0905 e. The fourth-order valence-corrected chi connectivity index (χ4v) is 2.09. The fraction of sp³-hybridized carbons (Fsp3) is 0. The van der Waals surface area contributed by atoms with Gasteiger partial charge < -0.3 is 5.84 Å². The zero-order valence-corrected chi connectivity index (χ0v) is 8.14. The van der Waals surface area contributed by atoms with Crippen molar-refractivity contribution >= 4 is 22.6 Å². The van der Waals surface area contributed by atoms with Crippen molar-refractivity contribution in [3.8, 4) is 0 Å². The second-order valence-electron chi connectivity index (χ2n) is 3.60. The summed E-state index contributed by atoms with van der Waals surface area (Å²) in [5, 5.41) is 6.28. The van der Waals surface area contributed by atoms with Gasteiger partial charge in [-0.2, -0.15) is 5.10 Å². The van der Waals surface area contributed by atoms with E-state index in [0.717, 1.165) is 11.3 Å². The Hall–Kier alpha value is -2.09. The van der Waals surface area contributed by atoms with Gasteiger partial charge in [-0.1, -0.05) is 42.5 Å². The topological polar surface area (TPSA) is 38.4 Å². The molecule has 2 heteroatoms. The Labute approximate surface area is 87.7 Å². The van der Waals surface area contributed by atoms with Gasteiger partial charge in [0.1, 0.15) is 0 Å². The molecular formula is C13H10N2. The molecule has 0 spiro atoms. The maximum atomic E-state index is 5.37. The lowest BCUT2D eigenvalue weighted by atomic mass is 9.92. The molecule has 72 valence electrons. The molecule has 15 heavy (non-hydrogen) atoms. The van der Waals surface area contributed by atoms with Gasteiger partial charge >= 0.3 is 0 Å². The van der Waals surface area contributed by atoms with Gasteiger partial charge in [0.25, 0.3) is 0 Å². The van der Waals surface area contributed by atoms with Crippen molar-refractivity contribution in [2.24, 2.45) is 10.9 Å². The number of nitrogens with two attached hydrogens (primary N) is 1. The number of hydrogen-bond acceptors (Lipinski definition) is 2. The molecule has 0 saturated heterocycles. The van der Waals surface area contributed by atoms with E-state index in [9.17, 15) is 0 Å². The highest BCUT2D eigenvalue weighted by Crippen LogP contribution is 2.28. The van der Waals surface area contributed by atoms with Crippen LogP contribution < -0.4 is 5.84 Å². The van der Waals surface area contributed by atoms with Gasteiger partial charge in [-0.3, -0.25) is 0 Å². The third kappa shape index (κ3) is 1.08. The number of hydrazone groups is 1. The van der Waals surface area contributed by atoms with Crippen LogP contribution in [0.15, 0.2) is 47.6 Å². The summed E-state index contributed by atoms with van der Waals surface area (Å²) < 4.78 is 0. The fourth-order valence-electron chi connectivity index (χ4n) is 2.09. The number of rotatable bonds is 0. The Morgan fingerprint density at radius 3 is 2.53 bits per heavy atom. The Balaban J connectivity index is 2.52. The quantitative estimate of drug-likeness (QED) is 0.508. The summed E-state index contributed by atoms with van der Waals surface area (Å²) >= 11 is 0. The second-order valence-corrected chi connectivity index (χ2v) is 3.60. The average Bonchev–Trinajstić information content (AvgIpc) is 2.30. The lowest BCUT2D eigenvalue weighted by Crippen LogP contribution is -2.05. The Bertz CT molecular complexity index is 589. The number of benzene rings is 2. The van der Waals surface area contributed by atoms with E-state index in [1.807, 2.05) is 12.1 Å². The molecule has 0 unspecified atom stereocenters. The number of hydrogen-bond donors (Lipinski definition) is 1. The van der Waals surface area contributed by atoms with Gasteiger partial charge in [-0.25, -0.2) is 0 Å². The van der Waals surface area contributed by atoms with E-state index in [1.165, 1.54) is 16.3 Å². The molecule has 0 radical (unpaired) electrons. The molecule has 0 fully saturated rings. The van der Waals surface area contributed by atoms with Crippen LogP contribution in [0.4, 0.5) is 0 Å². The Kier molecular flexibility index (Phi) is 1.62. The van der Waals surface area contributed by atoms with E-state index >= 15 is 0 Å². The van der Waals surface area contributed by atoms with Gasteiger partial charge in [0.2, 0.25) is 0 Å². The summed E-state index contributed by atoms with van der Waals surface area (Å²) in [6, 6.07) is 12.5. The Morgan fingerprint density at radius 1 is 0.933 bits per heavy atom. The molecule has 0 amide bonds. The third-order valence-electron chi connectivity index (χ3n) is 2.77. The number of nitrogens with zero attached hydrogens (tertiary/aromatic N) is 1. The SMILES string of the molecule is NN=C1C=Cc2cccc3cccc1c23. The molecular weight excluding hydrogens is 184 g/mol. The first kappa shape index (κ1) is 8.24. The van der Waals surface area contributed by atoms with Crippen molar-refractivity contribution in [3.05, 3.63) is 53.6 Å². The van der Waals surface area contributed by atoms with E-state index in [1.54, 1.807) is 0 Å². The first-order valence-electron chi connectivity index (χ1n) is 4.88. The third-order valence-corrected chi connectivity index (χ3v) is 2.77. The van der Waals surface area contributed by atoms with Gasteiger partial charge in [0.15, 0.2) is 0 Å². The molecule has 3 rings (SSSR count). The summed E-state index contributed by atoms with van der Waals surface area (Å²) in [6.07, 6.45) is 4.01. The van der Waals surface area contributed by atoms with E-state index < -0.39 is 0 Å². The predicted molar refractivity (Wildman–Crippen MR) is 63.7 cm³/mol. The van der Waals surface area contributed by atoms with Crippen molar-refractivity contribution < 1.29 is 0 Å². The summed E-state index contributed by atoms with van der Waals surface area (Å²) in [7, 11) is 0. The summed E-state index contributed by atoms with van der Waals surface area (Å²) in [6.45, 7) is 0. The van der Waals surface area contributed by atoms with Gasteiger partial charge in [-0.15, -0.1) is 0 Å². The molecule has 0 aromatic heterocycles. The number of allylic oxidation sites excluding steroid dienone is 1. The van der Waals surface area contributed by atoms with Gasteiger partial charge in [-0.05, 0) is 22.4 Å². The van der Waals surface area contributed by atoms with E-state index in [0.29, 0.717) is 0 Å². The lowest BCUT2D eigenvalue weighted by molar-refractivity contribution is 1.25. The predicted octanol–water partition coefficient (Wildman–Crippen LogP) is 2.53. The highest BCUT2D eigenvalue weighted by Gasteiger charge is 2.11. The molecule has 0 heterocycles. The van der Waals surface area contributed by atoms with Crippen LogP contribution in [0.25, 0.3) is 16.8 Å². The Morgan fingerprint density at radius 2 is 1.73 bits per heavy atom. The molecule has 1 aliphatic rings. The lowest BCUT2D eigenvalue weighted by Gasteiger charge is -2.13. The minimum absolute atomic E-state index is 0.847. The van der Waals surface area contributed by atoms with E-state index in [2.05, 4.69) is 41.5 Å². The van der Waals surface area contributed by atoms with Gasteiger partial charge in [0.05, 0.1) is 5.71 Å². The van der Waals surface area contributed by atoms with Crippen LogP contribution in [0.3, 0.4) is 0 Å². The van der Waals surface area contributed by atoms with Crippen LogP contribution in [0.1, 0.15) is 11.1 Å². The van der Waals surface area contributed by atoms with E-state index in [-0.39, 0.29) is 0 Å². The van der Waals surface area contributed by atoms with Crippen molar-refractivity contribution in [1.82, 2.24) is 0 Å². The zero-order valence-electron chi connectivity index (χ0n) is 8.14. The maximum absolute atomic E-state index is 5.37. The molecule has 2 nitrogen and oxygen atoms in total. The molecule has 0 saturated carbocycles. The molecule has 1 aliphatic carbocycles. The summed E-state index contributed by atoms with van der Waals surface area (Å²) in [4.78, 5) is 0. The zero-order chi connectivity index (χ0) is 10.3. The van der Waals surface area contributed by atoms with Crippen molar-refractivity contribution in [1.29, 1.82) is 0 Å². The molecule has 2 aromatic carbocycles. The molecule has 2 aromatic rings. The molecule has 0 bridgehead atoms. The van der Waals surface area contributed by atoms with Crippen molar-refractivity contribution in [3.63, 3.8) is 0 Å². The molecule has 2 N–H and O–H groups in total. The van der Waals surface area contributed by atoms with Gasteiger partial charge in [0, 0.05) is 5.56 Å². The monoisotopic (exact) mass is 194 g/mol. The second kappa shape index (κ2) is 2.95. The maximum Gasteiger partial charge on any atom is 0.0905 e. The average molecular weight is 194 g/mol. The standard InChI is InChI=1S/C13H10N2/c14-15-12-8-7-10-4-1-3-9-5-2-6-11(12)13(9)10/h1-8H,14H2.